The molecule has 0 unspecified atom stereocenters. The second-order valence-corrected chi connectivity index (χ2v) is 4.24. The number of ether oxygens (including phenoxy) is 1. The zero-order valence-electron chi connectivity index (χ0n) is 12.8. The Bertz CT molecular complexity index is 674. The highest BCUT2D eigenvalue weighted by Crippen LogP contribution is 2.27. The fraction of sp³-hybridized carbons (Fsp3) is 0.200. The predicted molar refractivity (Wildman–Crippen MR) is 78.2 cm³/mol. The molecule has 1 amide bonds. The molecular weight excluding hydrogens is 327 g/mol. The number of nitrogens with zero attached hydrogens (tertiary/aromatic N) is 2. The number of nitrogens with one attached hydrogen (secondary N) is 1. The Morgan fingerprint density at radius 3 is 2.25 bits per heavy atom. The van der Waals surface area contributed by atoms with E-state index in [1.165, 1.54) is 20.4 Å². The van der Waals surface area contributed by atoms with Gasteiger partial charge in [-0.15, -0.1) is 0 Å². The molecule has 1 N–H and O–H groups in total. The average molecular weight is 341 g/mol. The standard InChI is InChI=1S/C8H7F3N2O.C7H7NO2/c1-12-7(14)5-2-3-6(13-4-5)8(9,10)11;1-10-7(9)6-3-2-4-8-5-6/h2-4H,1H3,(H,12,14);2-5H,1H3. The fourth-order valence-corrected chi connectivity index (χ4v) is 1.44. The molecule has 0 spiro atoms. The molecule has 0 aliphatic carbocycles. The van der Waals surface area contributed by atoms with Gasteiger partial charge in [0.05, 0.1) is 18.2 Å². The molecule has 2 heterocycles. The maximum Gasteiger partial charge on any atom is 0.433 e. The molecule has 9 heteroatoms. The first-order valence-electron chi connectivity index (χ1n) is 6.53. The number of carbonyl (C=O) groups excluding carboxylic acids is 2. The maximum absolute atomic E-state index is 12.0. The van der Waals surface area contributed by atoms with Crippen molar-refractivity contribution in [2.45, 2.75) is 6.18 Å². The van der Waals surface area contributed by atoms with Crippen LogP contribution >= 0.6 is 0 Å². The van der Waals surface area contributed by atoms with Crippen LogP contribution in [0.15, 0.2) is 42.9 Å². The molecule has 0 fully saturated rings. The van der Waals surface area contributed by atoms with Gasteiger partial charge < -0.3 is 10.1 Å². The lowest BCUT2D eigenvalue weighted by Crippen LogP contribution is -2.18. The molecule has 128 valence electrons. The molecule has 0 atom stereocenters. The van der Waals surface area contributed by atoms with E-state index in [2.05, 4.69) is 20.0 Å². The van der Waals surface area contributed by atoms with Crippen LogP contribution in [0, 0.1) is 0 Å². The number of amides is 1. The first-order chi connectivity index (χ1) is 11.3. The third-order valence-electron chi connectivity index (χ3n) is 2.63. The Hall–Kier alpha value is -2.97. The summed E-state index contributed by atoms with van der Waals surface area (Å²) in [6, 6.07) is 5.18. The molecule has 2 aromatic rings. The highest BCUT2D eigenvalue weighted by Gasteiger charge is 2.32. The van der Waals surface area contributed by atoms with Crippen molar-refractivity contribution < 1.29 is 27.5 Å². The Balaban J connectivity index is 0.000000254. The largest absolute Gasteiger partial charge is 0.465 e. The number of alkyl halides is 3. The molecule has 0 saturated carbocycles. The molecule has 0 aromatic carbocycles. The van der Waals surface area contributed by atoms with Gasteiger partial charge >= 0.3 is 12.1 Å². The number of pyridine rings is 2. The first kappa shape index (κ1) is 19.1. The smallest absolute Gasteiger partial charge is 0.433 e. The summed E-state index contributed by atoms with van der Waals surface area (Å²) in [4.78, 5) is 28.6. The van der Waals surface area contributed by atoms with Gasteiger partial charge in [0, 0.05) is 25.6 Å². The number of carbonyl (C=O) groups is 2. The van der Waals surface area contributed by atoms with Crippen LogP contribution in [0.25, 0.3) is 0 Å². The van der Waals surface area contributed by atoms with E-state index in [4.69, 9.17) is 0 Å². The van der Waals surface area contributed by atoms with Crippen LogP contribution in [0.1, 0.15) is 26.4 Å². The second kappa shape index (κ2) is 8.61. The van der Waals surface area contributed by atoms with Crippen LogP contribution in [-0.4, -0.2) is 36.0 Å². The molecule has 2 aromatic heterocycles. The van der Waals surface area contributed by atoms with Crippen molar-refractivity contribution in [3.63, 3.8) is 0 Å². The molecule has 6 nitrogen and oxygen atoms in total. The van der Waals surface area contributed by atoms with E-state index in [1.807, 2.05) is 0 Å². The molecule has 0 aliphatic rings. The third kappa shape index (κ3) is 5.67. The van der Waals surface area contributed by atoms with Crippen LogP contribution in [0.4, 0.5) is 13.2 Å². The number of methoxy groups -OCH3 is 1. The third-order valence-corrected chi connectivity index (χ3v) is 2.63. The summed E-state index contributed by atoms with van der Waals surface area (Å²) in [7, 11) is 2.73. The molecule has 0 bridgehead atoms. The summed E-state index contributed by atoms with van der Waals surface area (Å²) in [5.41, 5.74) is -0.435. The van der Waals surface area contributed by atoms with Gasteiger partial charge in [-0.05, 0) is 24.3 Å². The minimum absolute atomic E-state index is 0.0977. The van der Waals surface area contributed by atoms with Crippen molar-refractivity contribution in [2.24, 2.45) is 0 Å². The highest BCUT2D eigenvalue weighted by molar-refractivity contribution is 5.93. The minimum atomic E-state index is -4.47. The molecule has 0 radical (unpaired) electrons. The van der Waals surface area contributed by atoms with Crippen LogP contribution in [0.5, 0.6) is 0 Å². The van der Waals surface area contributed by atoms with Gasteiger partial charge in [0.15, 0.2) is 0 Å². The van der Waals surface area contributed by atoms with Crippen molar-refractivity contribution in [2.75, 3.05) is 14.2 Å². The summed E-state index contributed by atoms with van der Waals surface area (Å²) in [5, 5.41) is 2.28. The number of esters is 1. The van der Waals surface area contributed by atoms with E-state index in [0.717, 1.165) is 18.3 Å². The minimum Gasteiger partial charge on any atom is -0.465 e. The van der Waals surface area contributed by atoms with Gasteiger partial charge in [-0.2, -0.15) is 13.2 Å². The van der Waals surface area contributed by atoms with Crippen molar-refractivity contribution in [1.82, 2.24) is 15.3 Å². The lowest BCUT2D eigenvalue weighted by atomic mass is 10.2. The van der Waals surface area contributed by atoms with Gasteiger partial charge in [0.2, 0.25) is 0 Å². The Morgan fingerprint density at radius 1 is 1.12 bits per heavy atom. The topological polar surface area (TPSA) is 81.2 Å². The highest BCUT2D eigenvalue weighted by atomic mass is 19.4. The van der Waals surface area contributed by atoms with E-state index >= 15 is 0 Å². The normalized spacial score (nSPS) is 10.2. The van der Waals surface area contributed by atoms with Crippen molar-refractivity contribution in [1.29, 1.82) is 0 Å². The monoisotopic (exact) mass is 341 g/mol. The zero-order valence-corrected chi connectivity index (χ0v) is 12.8. The molecule has 0 aliphatic heterocycles. The lowest BCUT2D eigenvalue weighted by molar-refractivity contribution is -0.141. The van der Waals surface area contributed by atoms with E-state index in [1.54, 1.807) is 18.3 Å². The predicted octanol–water partition coefficient (Wildman–Crippen LogP) is 2.33. The van der Waals surface area contributed by atoms with Gasteiger partial charge in [-0.1, -0.05) is 0 Å². The van der Waals surface area contributed by atoms with E-state index in [0.29, 0.717) is 5.56 Å². The SMILES string of the molecule is CNC(=O)c1ccc(C(F)(F)F)nc1.COC(=O)c1cccnc1. The Labute approximate surface area is 135 Å². The van der Waals surface area contributed by atoms with Crippen LogP contribution in [-0.2, 0) is 10.9 Å². The quantitative estimate of drug-likeness (QED) is 0.848. The van der Waals surface area contributed by atoms with Crippen LogP contribution in [0.3, 0.4) is 0 Å². The maximum atomic E-state index is 12.0. The van der Waals surface area contributed by atoms with Crippen LogP contribution < -0.4 is 5.32 Å². The average Bonchev–Trinajstić information content (AvgIpc) is 2.61. The molecule has 2 rings (SSSR count). The van der Waals surface area contributed by atoms with E-state index < -0.39 is 17.8 Å². The summed E-state index contributed by atoms with van der Waals surface area (Å²) in [5.74, 6) is -0.820. The number of aromatic nitrogens is 2. The van der Waals surface area contributed by atoms with Gasteiger partial charge in [0.25, 0.3) is 5.91 Å². The Morgan fingerprint density at radius 2 is 1.83 bits per heavy atom. The number of halogens is 3. The second-order valence-electron chi connectivity index (χ2n) is 4.24. The molecular formula is C15H14F3N3O3. The van der Waals surface area contributed by atoms with Gasteiger partial charge in [-0.3, -0.25) is 14.8 Å². The van der Waals surface area contributed by atoms with Gasteiger partial charge in [0.1, 0.15) is 5.69 Å². The Kier molecular flexibility index (Phi) is 6.84. The zero-order chi connectivity index (χ0) is 18.2. The first-order valence-corrected chi connectivity index (χ1v) is 6.53. The van der Waals surface area contributed by atoms with E-state index in [9.17, 15) is 22.8 Å². The summed E-state index contributed by atoms with van der Waals surface area (Å²) in [6.45, 7) is 0. The fourth-order valence-electron chi connectivity index (χ4n) is 1.44. The van der Waals surface area contributed by atoms with Crippen molar-refractivity contribution in [3.8, 4) is 0 Å². The lowest BCUT2D eigenvalue weighted by Gasteiger charge is -2.05. The van der Waals surface area contributed by atoms with Crippen LogP contribution in [0.2, 0.25) is 0 Å². The number of rotatable bonds is 2. The number of hydrogen-bond donors (Lipinski definition) is 1. The summed E-state index contributed by atoms with van der Waals surface area (Å²) < 4.78 is 40.6. The number of hydrogen-bond acceptors (Lipinski definition) is 5. The van der Waals surface area contributed by atoms with Gasteiger partial charge in [-0.25, -0.2) is 4.79 Å². The molecule has 0 saturated heterocycles. The van der Waals surface area contributed by atoms with Crippen molar-refractivity contribution >= 4 is 11.9 Å². The molecule has 24 heavy (non-hydrogen) atoms. The van der Waals surface area contributed by atoms with Crippen molar-refractivity contribution in [3.05, 3.63) is 59.7 Å². The summed E-state index contributed by atoms with van der Waals surface area (Å²) in [6.07, 6.45) is -0.513. The van der Waals surface area contributed by atoms with E-state index in [-0.39, 0.29) is 11.5 Å². The summed E-state index contributed by atoms with van der Waals surface area (Å²) >= 11 is 0.